The fourth-order valence-electron chi connectivity index (χ4n) is 1.96. The molecule has 3 nitrogen and oxygen atoms in total. The van der Waals surface area contributed by atoms with Crippen molar-refractivity contribution >= 4 is 16.7 Å². The maximum Gasteiger partial charge on any atom is 0.187 e. The Hall–Kier alpha value is -1.90. The molecule has 2 rings (SSSR count). The fraction of sp³-hybridized carbons (Fsp3) is 0.286. The van der Waals surface area contributed by atoms with E-state index in [1.807, 2.05) is 25.4 Å². The number of fused-ring (bicyclic) bond motifs is 1. The van der Waals surface area contributed by atoms with Gasteiger partial charge >= 0.3 is 0 Å². The lowest BCUT2D eigenvalue weighted by molar-refractivity contribution is 0.104. The van der Waals surface area contributed by atoms with Gasteiger partial charge in [-0.1, -0.05) is 6.08 Å². The number of aromatic nitrogens is 2. The zero-order valence-electron chi connectivity index (χ0n) is 10.3. The summed E-state index contributed by atoms with van der Waals surface area (Å²) in [6.45, 7) is 6.04. The molecule has 2 aromatic rings. The first-order valence-corrected chi connectivity index (χ1v) is 5.76. The second kappa shape index (κ2) is 4.53. The van der Waals surface area contributed by atoms with Crippen LogP contribution in [0.3, 0.4) is 0 Å². The van der Waals surface area contributed by atoms with E-state index >= 15 is 0 Å². The third-order valence-electron chi connectivity index (χ3n) is 2.78. The van der Waals surface area contributed by atoms with Crippen molar-refractivity contribution in [2.24, 2.45) is 0 Å². The summed E-state index contributed by atoms with van der Waals surface area (Å²) in [6, 6.07) is 2.21. The number of nitrogens with zero attached hydrogens (tertiary/aromatic N) is 2. The van der Waals surface area contributed by atoms with Crippen LogP contribution in [0.25, 0.3) is 10.9 Å². The predicted octanol–water partition coefficient (Wildman–Crippen LogP) is 3.38. The number of rotatable bonds is 3. The summed E-state index contributed by atoms with van der Waals surface area (Å²) >= 11 is 0. The molecule has 0 amide bonds. The zero-order valence-corrected chi connectivity index (χ0v) is 10.3. The minimum absolute atomic E-state index is 0.0445. The third kappa shape index (κ3) is 2.00. The number of carbonyl (C=O) groups is 1. The summed E-state index contributed by atoms with van der Waals surface area (Å²) < 4.78 is 2.08. The van der Waals surface area contributed by atoms with Crippen LogP contribution in [0.5, 0.6) is 0 Å². The van der Waals surface area contributed by atoms with E-state index < -0.39 is 0 Å². The molecule has 2 heterocycles. The normalized spacial score (nSPS) is 11.8. The van der Waals surface area contributed by atoms with E-state index in [1.165, 1.54) is 0 Å². The zero-order chi connectivity index (χ0) is 12.4. The molecule has 0 fully saturated rings. The highest BCUT2D eigenvalue weighted by Crippen LogP contribution is 2.24. The van der Waals surface area contributed by atoms with Crippen molar-refractivity contribution in [3.63, 3.8) is 0 Å². The topological polar surface area (TPSA) is 34.9 Å². The molecule has 0 spiro atoms. The van der Waals surface area contributed by atoms with Gasteiger partial charge in [-0.25, -0.2) is 0 Å². The number of ketones is 1. The van der Waals surface area contributed by atoms with Gasteiger partial charge in [0.1, 0.15) is 0 Å². The average molecular weight is 228 g/mol. The number of hydrogen-bond acceptors (Lipinski definition) is 2. The molecule has 3 heteroatoms. The van der Waals surface area contributed by atoms with E-state index in [9.17, 15) is 4.79 Å². The fourth-order valence-corrected chi connectivity index (χ4v) is 1.96. The molecule has 17 heavy (non-hydrogen) atoms. The second-order valence-electron chi connectivity index (χ2n) is 4.30. The van der Waals surface area contributed by atoms with Gasteiger partial charge in [-0.2, -0.15) is 0 Å². The van der Waals surface area contributed by atoms with Crippen LogP contribution in [0.15, 0.2) is 36.8 Å². The van der Waals surface area contributed by atoms with E-state index in [0.717, 1.165) is 16.5 Å². The first-order valence-electron chi connectivity index (χ1n) is 5.76. The van der Waals surface area contributed by atoms with Crippen LogP contribution in [-0.2, 0) is 0 Å². The first-order chi connectivity index (χ1) is 8.15. The highest BCUT2D eigenvalue weighted by atomic mass is 16.1. The Bertz CT molecular complexity index is 579. The SMILES string of the molecule is CC=CC(=O)c1cn(C(C)C)c2cnccc12. The van der Waals surface area contributed by atoms with Gasteiger partial charge < -0.3 is 4.57 Å². The Kier molecular flexibility index (Phi) is 3.09. The number of pyridine rings is 1. The highest BCUT2D eigenvalue weighted by molar-refractivity contribution is 6.13. The monoisotopic (exact) mass is 228 g/mol. The van der Waals surface area contributed by atoms with E-state index in [1.54, 1.807) is 18.3 Å². The molecule has 0 saturated heterocycles. The summed E-state index contributed by atoms with van der Waals surface area (Å²) in [7, 11) is 0. The van der Waals surface area contributed by atoms with Crippen LogP contribution in [-0.4, -0.2) is 15.3 Å². The van der Waals surface area contributed by atoms with Gasteiger partial charge in [0.25, 0.3) is 0 Å². The van der Waals surface area contributed by atoms with Crippen molar-refractivity contribution in [1.29, 1.82) is 0 Å². The molecule has 0 radical (unpaired) electrons. The van der Waals surface area contributed by atoms with E-state index in [4.69, 9.17) is 0 Å². The third-order valence-corrected chi connectivity index (χ3v) is 2.78. The summed E-state index contributed by atoms with van der Waals surface area (Å²) in [5, 5.41) is 0.969. The Morgan fingerprint density at radius 1 is 1.47 bits per heavy atom. The van der Waals surface area contributed by atoms with Gasteiger partial charge in [-0.3, -0.25) is 9.78 Å². The minimum Gasteiger partial charge on any atom is -0.343 e. The van der Waals surface area contributed by atoms with Crippen LogP contribution in [0.2, 0.25) is 0 Å². The summed E-state index contributed by atoms with van der Waals surface area (Å²) in [6.07, 6.45) is 8.81. The Labute approximate surface area is 101 Å². The van der Waals surface area contributed by atoms with Crippen molar-refractivity contribution in [2.75, 3.05) is 0 Å². The molecule has 0 unspecified atom stereocenters. The van der Waals surface area contributed by atoms with E-state index in [2.05, 4.69) is 23.4 Å². The molecule has 0 aliphatic heterocycles. The minimum atomic E-state index is 0.0445. The van der Waals surface area contributed by atoms with Crippen LogP contribution >= 0.6 is 0 Å². The van der Waals surface area contributed by atoms with Gasteiger partial charge in [0.05, 0.1) is 11.7 Å². The maximum absolute atomic E-state index is 12.0. The summed E-state index contributed by atoms with van der Waals surface area (Å²) in [5.41, 5.74) is 1.75. The van der Waals surface area contributed by atoms with Gasteiger partial charge in [0.15, 0.2) is 5.78 Å². The van der Waals surface area contributed by atoms with Crippen molar-refractivity contribution in [3.05, 3.63) is 42.4 Å². The summed E-state index contributed by atoms with van der Waals surface area (Å²) in [5.74, 6) is 0.0445. The maximum atomic E-state index is 12.0. The molecule has 0 bridgehead atoms. The number of allylic oxidation sites excluding steroid dienone is 2. The first kappa shape index (κ1) is 11.6. The molecule has 0 aliphatic rings. The lowest BCUT2D eigenvalue weighted by Gasteiger charge is -2.07. The van der Waals surface area contributed by atoms with Gasteiger partial charge in [0.2, 0.25) is 0 Å². The molecular formula is C14H16N2O. The molecule has 88 valence electrons. The lowest BCUT2D eigenvalue weighted by atomic mass is 10.1. The summed E-state index contributed by atoms with van der Waals surface area (Å²) in [4.78, 5) is 16.1. The quantitative estimate of drug-likeness (QED) is 0.596. The Balaban J connectivity index is 2.68. The van der Waals surface area contributed by atoms with E-state index in [0.29, 0.717) is 6.04 Å². The largest absolute Gasteiger partial charge is 0.343 e. The van der Waals surface area contributed by atoms with Gasteiger partial charge in [-0.05, 0) is 32.9 Å². The number of hydrogen-bond donors (Lipinski definition) is 0. The molecule has 0 N–H and O–H groups in total. The lowest BCUT2D eigenvalue weighted by Crippen LogP contribution is -1.98. The van der Waals surface area contributed by atoms with Crippen LogP contribution < -0.4 is 0 Å². The standard InChI is InChI=1S/C14H16N2O/c1-4-5-14(17)12-9-16(10(2)3)13-8-15-7-6-11(12)13/h4-10H,1-3H3. The molecule has 2 aromatic heterocycles. The molecule has 0 saturated carbocycles. The average Bonchev–Trinajstić information content (AvgIpc) is 2.69. The van der Waals surface area contributed by atoms with Crippen LogP contribution in [0.4, 0.5) is 0 Å². The van der Waals surface area contributed by atoms with Crippen molar-refractivity contribution in [1.82, 2.24) is 9.55 Å². The molecule has 0 aliphatic carbocycles. The molecule has 0 aromatic carbocycles. The van der Waals surface area contributed by atoms with Crippen molar-refractivity contribution in [2.45, 2.75) is 26.8 Å². The van der Waals surface area contributed by atoms with Gasteiger partial charge in [0, 0.05) is 29.4 Å². The Morgan fingerprint density at radius 3 is 2.88 bits per heavy atom. The smallest absolute Gasteiger partial charge is 0.187 e. The van der Waals surface area contributed by atoms with Crippen LogP contribution in [0, 0.1) is 0 Å². The van der Waals surface area contributed by atoms with Crippen LogP contribution in [0.1, 0.15) is 37.2 Å². The number of carbonyl (C=O) groups excluding carboxylic acids is 1. The van der Waals surface area contributed by atoms with Crippen molar-refractivity contribution < 1.29 is 4.79 Å². The predicted molar refractivity (Wildman–Crippen MR) is 69.3 cm³/mol. The Morgan fingerprint density at radius 2 is 2.24 bits per heavy atom. The van der Waals surface area contributed by atoms with E-state index in [-0.39, 0.29) is 5.78 Å². The van der Waals surface area contributed by atoms with Gasteiger partial charge in [-0.15, -0.1) is 0 Å². The molecular weight excluding hydrogens is 212 g/mol. The van der Waals surface area contributed by atoms with Crippen molar-refractivity contribution in [3.8, 4) is 0 Å². The second-order valence-corrected chi connectivity index (χ2v) is 4.30. The molecule has 0 atom stereocenters. The highest BCUT2D eigenvalue weighted by Gasteiger charge is 2.14.